The number of hydrogen-bond donors (Lipinski definition) is 2. The van der Waals surface area contributed by atoms with Gasteiger partial charge in [0, 0.05) is 24.8 Å². The number of fused-ring (bicyclic) bond motifs is 8. The Morgan fingerprint density at radius 3 is 2.16 bits per heavy atom. The third-order valence-electron chi connectivity index (χ3n) is 10.3. The molecule has 2 aromatic carbocycles. The molecular formula is C32H32N2O11. The van der Waals surface area contributed by atoms with Crippen molar-refractivity contribution in [1.29, 1.82) is 0 Å². The number of phenolic OH excluding ortho intramolecular Hbond substituents is 1. The third kappa shape index (κ3) is 4.09. The Labute approximate surface area is 257 Å². The van der Waals surface area contributed by atoms with E-state index in [9.17, 15) is 24.3 Å². The zero-order chi connectivity index (χ0) is 31.1. The van der Waals surface area contributed by atoms with Gasteiger partial charge in [-0.05, 0) is 53.8 Å². The van der Waals surface area contributed by atoms with E-state index in [0.717, 1.165) is 18.4 Å². The molecule has 0 aromatic heterocycles. The van der Waals surface area contributed by atoms with E-state index in [0.29, 0.717) is 22.6 Å². The largest absolute Gasteiger partial charge is 0.502 e. The summed E-state index contributed by atoms with van der Waals surface area (Å²) in [6.45, 7) is 0.0681. The third-order valence-corrected chi connectivity index (χ3v) is 10.3. The summed E-state index contributed by atoms with van der Waals surface area (Å²) in [6.07, 6.45) is 1.01. The smallest absolute Gasteiger partial charge is 0.310 e. The minimum atomic E-state index is -0.696. The van der Waals surface area contributed by atoms with Crippen LogP contribution in [-0.2, 0) is 28.7 Å². The summed E-state index contributed by atoms with van der Waals surface area (Å²) in [5.41, 5.74) is 2.09. The number of likely N-dealkylation sites (tertiary alicyclic amines) is 1. The van der Waals surface area contributed by atoms with Gasteiger partial charge in [0.05, 0.1) is 56.8 Å². The molecule has 0 spiro atoms. The molecule has 3 amide bonds. The fraction of sp³-hybridized carbons (Fsp3) is 0.500. The lowest BCUT2D eigenvalue weighted by molar-refractivity contribution is -0.143. The van der Waals surface area contributed by atoms with Gasteiger partial charge in [-0.1, -0.05) is 0 Å². The van der Waals surface area contributed by atoms with Crippen molar-refractivity contribution in [2.45, 2.75) is 43.4 Å². The van der Waals surface area contributed by atoms with Crippen molar-refractivity contribution in [2.24, 2.45) is 23.7 Å². The van der Waals surface area contributed by atoms with Crippen LogP contribution in [0.15, 0.2) is 24.3 Å². The van der Waals surface area contributed by atoms with Crippen LogP contribution in [0.3, 0.4) is 0 Å². The highest BCUT2D eigenvalue weighted by Gasteiger charge is 2.62. The maximum atomic E-state index is 13.5. The van der Waals surface area contributed by atoms with Gasteiger partial charge in [-0.3, -0.25) is 24.1 Å². The van der Waals surface area contributed by atoms with E-state index in [1.54, 1.807) is 12.1 Å². The van der Waals surface area contributed by atoms with Crippen molar-refractivity contribution in [3.8, 4) is 28.7 Å². The summed E-state index contributed by atoms with van der Waals surface area (Å²) in [7, 11) is 2.86. The number of nitrogens with one attached hydrogen (secondary N) is 1. The number of rotatable bonds is 7. The van der Waals surface area contributed by atoms with Gasteiger partial charge in [0.2, 0.25) is 30.3 Å². The van der Waals surface area contributed by atoms with Crippen molar-refractivity contribution in [1.82, 2.24) is 10.2 Å². The van der Waals surface area contributed by atoms with Gasteiger partial charge in [0.15, 0.2) is 23.0 Å². The normalized spacial score (nSPS) is 31.9. The van der Waals surface area contributed by atoms with E-state index in [-0.39, 0.29) is 73.5 Å². The molecule has 2 aromatic rings. The Balaban J connectivity index is 1.11. The van der Waals surface area contributed by atoms with Crippen molar-refractivity contribution in [3.05, 3.63) is 41.0 Å². The van der Waals surface area contributed by atoms with Crippen LogP contribution in [0.1, 0.15) is 47.9 Å². The van der Waals surface area contributed by atoms with Crippen LogP contribution in [0.5, 0.6) is 28.7 Å². The number of cyclic esters (lactones) is 1. The summed E-state index contributed by atoms with van der Waals surface area (Å²) in [5.74, 6) is -2.73. The first-order valence-electron chi connectivity index (χ1n) is 15.1. The molecule has 5 heterocycles. The minimum Gasteiger partial charge on any atom is -0.502 e. The summed E-state index contributed by atoms with van der Waals surface area (Å²) < 4.78 is 33.6. The molecule has 2 bridgehead atoms. The molecule has 13 nitrogen and oxygen atoms in total. The molecule has 13 heteroatoms. The van der Waals surface area contributed by atoms with E-state index in [4.69, 9.17) is 28.4 Å². The first kappa shape index (κ1) is 28.0. The minimum absolute atomic E-state index is 0.0301. The van der Waals surface area contributed by atoms with Gasteiger partial charge < -0.3 is 38.8 Å². The SMILES string of the molecule is COc1cc([C@@H]2c3cc4c(cc3[C@@H](NC(=O)CCN3C(=O)C5C6CCC(O6)C5C3=O)[C@H]3COC(=O)[C@H]23)OCO4)cc(OC)c1O. The molecule has 8 atom stereocenters. The molecule has 236 valence electrons. The standard InChI is InChI=1S/C32H32N2O11/c1-40-21-7-13(8-22(41-2)29(21)36)24-14-9-19-20(44-12-43-19)10-15(14)28(16-11-42-32(39)25(16)24)33-23(35)5-6-34-30(37)26-17-3-4-18(45-17)27(26)31(34)38/h7-10,16-18,24-28,36H,3-6,11-12H2,1-2H3,(H,33,35)/t16-,17?,18?,24+,25-,26?,27?,28+/m0/s1. The molecule has 1 aliphatic carbocycles. The number of phenols is 1. The van der Waals surface area contributed by atoms with E-state index >= 15 is 0 Å². The van der Waals surface area contributed by atoms with Crippen LogP contribution in [0.25, 0.3) is 0 Å². The van der Waals surface area contributed by atoms with E-state index < -0.39 is 41.6 Å². The van der Waals surface area contributed by atoms with Crippen LogP contribution >= 0.6 is 0 Å². The lowest BCUT2D eigenvalue weighted by Gasteiger charge is -2.39. The topological polar surface area (TPSA) is 159 Å². The molecule has 45 heavy (non-hydrogen) atoms. The number of imide groups is 1. The Morgan fingerprint density at radius 2 is 1.53 bits per heavy atom. The number of carbonyl (C=O) groups is 4. The highest BCUT2D eigenvalue weighted by molar-refractivity contribution is 6.06. The van der Waals surface area contributed by atoms with E-state index in [2.05, 4.69) is 5.32 Å². The Morgan fingerprint density at radius 1 is 0.911 bits per heavy atom. The van der Waals surface area contributed by atoms with Gasteiger partial charge in [-0.15, -0.1) is 0 Å². The van der Waals surface area contributed by atoms with Crippen LogP contribution in [-0.4, -0.2) is 80.1 Å². The second-order valence-corrected chi connectivity index (χ2v) is 12.4. The Kier molecular flexibility index (Phi) is 6.38. The number of hydrogen-bond acceptors (Lipinski definition) is 11. The van der Waals surface area contributed by atoms with Crippen LogP contribution in [0.2, 0.25) is 0 Å². The number of ether oxygens (including phenoxy) is 6. The summed E-state index contributed by atoms with van der Waals surface area (Å²) >= 11 is 0. The molecule has 0 saturated carbocycles. The number of methoxy groups -OCH3 is 2. The predicted molar refractivity (Wildman–Crippen MR) is 151 cm³/mol. The molecule has 0 radical (unpaired) electrons. The average molecular weight is 621 g/mol. The maximum Gasteiger partial charge on any atom is 0.310 e. The van der Waals surface area contributed by atoms with E-state index in [1.165, 1.54) is 19.1 Å². The van der Waals surface area contributed by atoms with Gasteiger partial charge in [-0.25, -0.2) is 0 Å². The van der Waals surface area contributed by atoms with Gasteiger partial charge in [-0.2, -0.15) is 0 Å². The number of benzene rings is 2. The molecule has 4 fully saturated rings. The van der Waals surface area contributed by atoms with Crippen molar-refractivity contribution < 1.29 is 52.7 Å². The second kappa shape index (κ2) is 10.3. The predicted octanol–water partition coefficient (Wildman–Crippen LogP) is 1.78. The Hall–Kier alpha value is -4.52. The first-order valence-corrected chi connectivity index (χ1v) is 15.1. The lowest BCUT2D eigenvalue weighted by Crippen LogP contribution is -2.44. The van der Waals surface area contributed by atoms with Crippen LogP contribution in [0, 0.1) is 23.7 Å². The fourth-order valence-electron chi connectivity index (χ4n) is 8.29. The highest BCUT2D eigenvalue weighted by Crippen LogP contribution is 2.55. The highest BCUT2D eigenvalue weighted by atomic mass is 16.7. The molecule has 8 rings (SSSR count). The van der Waals surface area contributed by atoms with Crippen molar-refractivity contribution in [3.63, 3.8) is 0 Å². The van der Waals surface area contributed by atoms with Crippen molar-refractivity contribution in [2.75, 3.05) is 34.2 Å². The molecule has 5 aliphatic heterocycles. The lowest BCUT2D eigenvalue weighted by atomic mass is 9.65. The molecule has 6 aliphatic rings. The number of esters is 1. The first-order chi connectivity index (χ1) is 21.8. The molecule has 4 unspecified atom stereocenters. The molecule has 2 N–H and O–H groups in total. The monoisotopic (exact) mass is 620 g/mol. The van der Waals surface area contributed by atoms with Crippen molar-refractivity contribution >= 4 is 23.7 Å². The summed E-state index contributed by atoms with van der Waals surface area (Å²) in [5, 5.41) is 13.7. The van der Waals surface area contributed by atoms with Crippen LogP contribution in [0.4, 0.5) is 0 Å². The number of carbonyl (C=O) groups excluding carboxylic acids is 4. The number of aromatic hydroxyl groups is 1. The van der Waals surface area contributed by atoms with E-state index in [1.807, 2.05) is 12.1 Å². The Bertz CT molecular complexity index is 1590. The maximum absolute atomic E-state index is 13.5. The quantitative estimate of drug-likeness (QED) is 0.343. The number of amides is 3. The summed E-state index contributed by atoms with van der Waals surface area (Å²) in [4.78, 5) is 54.3. The fourth-order valence-corrected chi connectivity index (χ4v) is 8.29. The van der Waals surface area contributed by atoms with Gasteiger partial charge in [0.1, 0.15) is 0 Å². The van der Waals surface area contributed by atoms with Gasteiger partial charge in [0.25, 0.3) is 0 Å². The molecule has 4 saturated heterocycles. The zero-order valence-electron chi connectivity index (χ0n) is 24.6. The zero-order valence-corrected chi connectivity index (χ0v) is 24.6. The van der Waals surface area contributed by atoms with Gasteiger partial charge >= 0.3 is 5.97 Å². The number of nitrogens with zero attached hydrogens (tertiary/aromatic N) is 1. The molecular weight excluding hydrogens is 588 g/mol. The summed E-state index contributed by atoms with van der Waals surface area (Å²) in [6, 6.07) is 6.31. The average Bonchev–Trinajstić information content (AvgIpc) is 3.87. The second-order valence-electron chi connectivity index (χ2n) is 12.4. The van der Waals surface area contributed by atoms with Crippen LogP contribution < -0.4 is 24.3 Å².